The number of carbonyl (C=O) groups is 1. The molecule has 1 aromatic carbocycles. The van der Waals surface area contributed by atoms with Crippen molar-refractivity contribution in [3.05, 3.63) is 33.9 Å². The Hall–Kier alpha value is -1.95. The van der Waals surface area contributed by atoms with E-state index in [9.17, 15) is 14.9 Å². The van der Waals surface area contributed by atoms with Crippen LogP contribution in [0, 0.1) is 10.1 Å². The van der Waals surface area contributed by atoms with Crippen LogP contribution in [0.5, 0.6) is 0 Å². The minimum absolute atomic E-state index is 0.00419. The van der Waals surface area contributed by atoms with Crippen molar-refractivity contribution < 1.29 is 9.72 Å². The van der Waals surface area contributed by atoms with Gasteiger partial charge in [0.15, 0.2) is 0 Å². The Morgan fingerprint density at radius 2 is 2.31 bits per heavy atom. The lowest BCUT2D eigenvalue weighted by molar-refractivity contribution is -0.384. The Morgan fingerprint density at radius 1 is 1.56 bits per heavy atom. The van der Waals surface area contributed by atoms with Crippen LogP contribution in [0.25, 0.3) is 0 Å². The molecular weight excluding hydrogens is 210 g/mol. The standard InChI is InChI=1S/C10H11N3O3/c11-6-10(14)12-4-3-7-1-2-8(13(15)16)5-9(7)12/h1-2,5H,3-4,6,11H2. The molecule has 1 heterocycles. The molecule has 1 aliphatic rings. The number of rotatable bonds is 2. The van der Waals surface area contributed by atoms with E-state index in [0.29, 0.717) is 12.2 Å². The summed E-state index contributed by atoms with van der Waals surface area (Å²) in [7, 11) is 0. The Kier molecular flexibility index (Phi) is 2.57. The Morgan fingerprint density at radius 3 is 2.94 bits per heavy atom. The smallest absolute Gasteiger partial charge is 0.271 e. The number of anilines is 1. The highest BCUT2D eigenvalue weighted by Crippen LogP contribution is 2.31. The number of hydrogen-bond acceptors (Lipinski definition) is 4. The van der Waals surface area contributed by atoms with E-state index in [1.165, 1.54) is 17.0 Å². The summed E-state index contributed by atoms with van der Waals surface area (Å²) in [4.78, 5) is 23.1. The fourth-order valence-electron chi connectivity index (χ4n) is 1.85. The van der Waals surface area contributed by atoms with Gasteiger partial charge in [-0.2, -0.15) is 0 Å². The molecule has 0 radical (unpaired) electrons. The number of hydrogen-bond donors (Lipinski definition) is 1. The highest BCUT2D eigenvalue weighted by atomic mass is 16.6. The Labute approximate surface area is 91.8 Å². The second-order valence-electron chi connectivity index (χ2n) is 3.57. The zero-order valence-electron chi connectivity index (χ0n) is 8.55. The van der Waals surface area contributed by atoms with Crippen molar-refractivity contribution >= 4 is 17.3 Å². The second kappa shape index (κ2) is 3.90. The predicted octanol–water partition coefficient (Wildman–Crippen LogP) is 0.443. The molecule has 0 aromatic heterocycles. The SMILES string of the molecule is NCC(=O)N1CCc2ccc([N+](=O)[O-])cc21. The van der Waals surface area contributed by atoms with E-state index in [0.717, 1.165) is 12.0 Å². The molecule has 6 heteroatoms. The van der Waals surface area contributed by atoms with Crippen LogP contribution in [0.15, 0.2) is 18.2 Å². The summed E-state index contributed by atoms with van der Waals surface area (Å²) in [6, 6.07) is 4.57. The molecular formula is C10H11N3O3. The lowest BCUT2D eigenvalue weighted by atomic mass is 10.1. The van der Waals surface area contributed by atoms with Crippen LogP contribution in [0.3, 0.4) is 0 Å². The quantitative estimate of drug-likeness (QED) is 0.579. The molecule has 0 atom stereocenters. The topological polar surface area (TPSA) is 89.5 Å². The summed E-state index contributed by atoms with van der Waals surface area (Å²) in [5.74, 6) is -0.209. The van der Waals surface area contributed by atoms with Gasteiger partial charge in [0.1, 0.15) is 0 Å². The first-order valence-electron chi connectivity index (χ1n) is 4.91. The molecule has 16 heavy (non-hydrogen) atoms. The van der Waals surface area contributed by atoms with E-state index in [-0.39, 0.29) is 18.1 Å². The van der Waals surface area contributed by atoms with E-state index in [2.05, 4.69) is 0 Å². The summed E-state index contributed by atoms with van der Waals surface area (Å²) in [5, 5.41) is 10.6. The third-order valence-electron chi connectivity index (χ3n) is 2.65. The van der Waals surface area contributed by atoms with Crippen LogP contribution >= 0.6 is 0 Å². The largest absolute Gasteiger partial charge is 0.322 e. The molecule has 6 nitrogen and oxygen atoms in total. The van der Waals surface area contributed by atoms with Gasteiger partial charge in [-0.25, -0.2) is 0 Å². The summed E-state index contributed by atoms with van der Waals surface area (Å²) < 4.78 is 0. The maximum atomic E-state index is 11.5. The molecule has 2 rings (SSSR count). The summed E-state index contributed by atoms with van der Waals surface area (Å²) in [5.41, 5.74) is 6.84. The maximum Gasteiger partial charge on any atom is 0.271 e. The fraction of sp³-hybridized carbons (Fsp3) is 0.300. The van der Waals surface area contributed by atoms with Crippen molar-refractivity contribution in [3.63, 3.8) is 0 Å². The first kappa shape index (κ1) is 10.6. The van der Waals surface area contributed by atoms with E-state index >= 15 is 0 Å². The van der Waals surface area contributed by atoms with Crippen molar-refractivity contribution in [1.29, 1.82) is 0 Å². The number of carbonyl (C=O) groups excluding carboxylic acids is 1. The number of nitro groups is 1. The molecule has 1 amide bonds. The highest BCUT2D eigenvalue weighted by molar-refractivity contribution is 5.97. The van der Waals surface area contributed by atoms with Crippen LogP contribution in [0.1, 0.15) is 5.56 Å². The molecule has 0 saturated heterocycles. The van der Waals surface area contributed by atoms with Crippen molar-refractivity contribution in [2.24, 2.45) is 5.73 Å². The number of nitrogens with zero attached hydrogens (tertiary/aromatic N) is 2. The number of fused-ring (bicyclic) bond motifs is 1. The normalized spacial score (nSPS) is 13.7. The average Bonchev–Trinajstić information content (AvgIpc) is 2.70. The number of amides is 1. The third kappa shape index (κ3) is 1.63. The monoisotopic (exact) mass is 221 g/mol. The Bertz CT molecular complexity index is 459. The minimum Gasteiger partial charge on any atom is -0.322 e. The van der Waals surface area contributed by atoms with Gasteiger partial charge in [0.2, 0.25) is 5.91 Å². The highest BCUT2D eigenvalue weighted by Gasteiger charge is 2.25. The van der Waals surface area contributed by atoms with Gasteiger partial charge in [-0.15, -0.1) is 0 Å². The third-order valence-corrected chi connectivity index (χ3v) is 2.65. The van der Waals surface area contributed by atoms with Crippen molar-refractivity contribution in [3.8, 4) is 0 Å². The van der Waals surface area contributed by atoms with E-state index in [1.54, 1.807) is 6.07 Å². The van der Waals surface area contributed by atoms with Crippen LogP contribution in [0.2, 0.25) is 0 Å². The molecule has 1 aliphatic heterocycles. The predicted molar refractivity (Wildman–Crippen MR) is 58.2 cm³/mol. The molecule has 0 saturated carbocycles. The molecule has 1 aromatic rings. The number of nitro benzene ring substituents is 1. The summed E-state index contributed by atoms with van der Waals surface area (Å²) >= 11 is 0. The molecule has 0 fully saturated rings. The minimum atomic E-state index is -0.469. The molecule has 2 N–H and O–H groups in total. The molecule has 84 valence electrons. The molecule has 0 bridgehead atoms. The van der Waals surface area contributed by atoms with Gasteiger partial charge >= 0.3 is 0 Å². The average molecular weight is 221 g/mol. The number of non-ortho nitro benzene ring substituents is 1. The van der Waals surface area contributed by atoms with Gasteiger partial charge < -0.3 is 10.6 Å². The van der Waals surface area contributed by atoms with Crippen molar-refractivity contribution in [2.75, 3.05) is 18.0 Å². The lowest BCUT2D eigenvalue weighted by Crippen LogP contribution is -2.34. The Balaban J connectivity index is 2.40. The molecule has 0 unspecified atom stereocenters. The van der Waals surface area contributed by atoms with E-state index in [1.807, 2.05) is 0 Å². The van der Waals surface area contributed by atoms with Crippen LogP contribution < -0.4 is 10.6 Å². The number of nitrogens with two attached hydrogens (primary N) is 1. The van der Waals surface area contributed by atoms with Crippen LogP contribution in [0.4, 0.5) is 11.4 Å². The molecule has 0 spiro atoms. The van der Waals surface area contributed by atoms with Gasteiger partial charge in [-0.3, -0.25) is 14.9 Å². The fourth-order valence-corrected chi connectivity index (χ4v) is 1.85. The number of benzene rings is 1. The first-order valence-corrected chi connectivity index (χ1v) is 4.91. The summed E-state index contributed by atoms with van der Waals surface area (Å²) in [6.45, 7) is 0.467. The summed E-state index contributed by atoms with van der Waals surface area (Å²) in [6.07, 6.45) is 0.721. The van der Waals surface area contributed by atoms with E-state index in [4.69, 9.17) is 5.73 Å². The van der Waals surface area contributed by atoms with Crippen LogP contribution in [-0.2, 0) is 11.2 Å². The zero-order valence-corrected chi connectivity index (χ0v) is 8.55. The van der Waals surface area contributed by atoms with Crippen LogP contribution in [-0.4, -0.2) is 23.9 Å². The van der Waals surface area contributed by atoms with Gasteiger partial charge in [0, 0.05) is 18.7 Å². The van der Waals surface area contributed by atoms with Gasteiger partial charge in [0.25, 0.3) is 5.69 Å². The van der Waals surface area contributed by atoms with Gasteiger partial charge in [-0.1, -0.05) is 6.07 Å². The molecule has 0 aliphatic carbocycles. The van der Waals surface area contributed by atoms with Gasteiger partial charge in [-0.05, 0) is 12.0 Å². The maximum absolute atomic E-state index is 11.5. The first-order chi connectivity index (χ1) is 7.63. The van der Waals surface area contributed by atoms with Crippen molar-refractivity contribution in [1.82, 2.24) is 0 Å². The van der Waals surface area contributed by atoms with Crippen molar-refractivity contribution in [2.45, 2.75) is 6.42 Å². The second-order valence-corrected chi connectivity index (χ2v) is 3.57. The van der Waals surface area contributed by atoms with E-state index < -0.39 is 4.92 Å². The van der Waals surface area contributed by atoms with Gasteiger partial charge in [0.05, 0.1) is 17.2 Å². The lowest BCUT2D eigenvalue weighted by Gasteiger charge is -2.15. The zero-order chi connectivity index (χ0) is 11.7.